The molecule has 2 amide bonds. The fourth-order valence-electron chi connectivity index (χ4n) is 2.47. The molecular weight excluding hydrogens is 284 g/mol. The van der Waals surface area contributed by atoms with Crippen molar-refractivity contribution in [2.45, 2.75) is 6.92 Å². The van der Waals surface area contributed by atoms with Crippen molar-refractivity contribution in [1.82, 2.24) is 30.0 Å². The topological polar surface area (TPSA) is 84.2 Å². The minimum Gasteiger partial charge on any atom is -0.339 e. The molecule has 1 aromatic heterocycles. The minimum absolute atomic E-state index is 0.0434. The Morgan fingerprint density at radius 1 is 1.09 bits per heavy atom. The summed E-state index contributed by atoms with van der Waals surface area (Å²) in [5.74, 6) is 0.00547. The Bertz CT molecular complexity index is 676. The highest BCUT2D eigenvalue weighted by molar-refractivity contribution is 5.95. The molecule has 3 rings (SSSR count). The number of piperazine rings is 1. The van der Waals surface area contributed by atoms with Crippen molar-refractivity contribution in [3.63, 3.8) is 0 Å². The third-order valence-electron chi connectivity index (χ3n) is 3.72. The lowest BCUT2D eigenvalue weighted by Gasteiger charge is -2.34. The highest BCUT2D eigenvalue weighted by Crippen LogP contribution is 2.13. The number of carbonyl (C=O) groups excluding carboxylic acids is 2. The van der Waals surface area contributed by atoms with Crippen molar-refractivity contribution in [3.05, 3.63) is 36.2 Å². The van der Waals surface area contributed by atoms with E-state index in [-0.39, 0.29) is 11.8 Å². The van der Waals surface area contributed by atoms with Crippen LogP contribution in [0.1, 0.15) is 17.3 Å². The van der Waals surface area contributed by atoms with Gasteiger partial charge in [0.05, 0.1) is 5.69 Å². The molecule has 8 nitrogen and oxygen atoms in total. The summed E-state index contributed by atoms with van der Waals surface area (Å²) in [4.78, 5) is 27.4. The SMILES string of the molecule is CC(=O)N1CCN(C(=O)c2cccc(-n3cnnn3)c2)CC1. The molecule has 1 fully saturated rings. The Kier molecular flexibility index (Phi) is 3.82. The molecule has 2 heterocycles. The van der Waals surface area contributed by atoms with Crippen LogP contribution in [0.5, 0.6) is 0 Å². The molecule has 0 spiro atoms. The molecule has 1 aliphatic heterocycles. The number of aromatic nitrogens is 4. The summed E-state index contributed by atoms with van der Waals surface area (Å²) < 4.78 is 1.50. The van der Waals surface area contributed by atoms with Crippen molar-refractivity contribution in [3.8, 4) is 5.69 Å². The molecule has 0 radical (unpaired) electrons. The zero-order valence-electron chi connectivity index (χ0n) is 12.2. The molecule has 0 saturated carbocycles. The fourth-order valence-corrected chi connectivity index (χ4v) is 2.47. The van der Waals surface area contributed by atoms with Gasteiger partial charge < -0.3 is 9.80 Å². The second-order valence-electron chi connectivity index (χ2n) is 5.10. The average Bonchev–Trinajstić information content (AvgIpc) is 3.09. The van der Waals surface area contributed by atoms with E-state index in [4.69, 9.17) is 0 Å². The van der Waals surface area contributed by atoms with E-state index in [1.165, 1.54) is 11.0 Å². The van der Waals surface area contributed by atoms with Gasteiger partial charge in [0.1, 0.15) is 6.33 Å². The number of benzene rings is 1. The largest absolute Gasteiger partial charge is 0.339 e. The standard InChI is InChI=1S/C14H16N6O2/c1-11(21)18-5-7-19(8-6-18)14(22)12-3-2-4-13(9-12)20-10-15-16-17-20/h2-4,9-10H,5-8H2,1H3. The average molecular weight is 300 g/mol. The summed E-state index contributed by atoms with van der Waals surface area (Å²) in [6, 6.07) is 7.17. The molecule has 1 aliphatic rings. The van der Waals surface area contributed by atoms with Crippen LogP contribution in [-0.4, -0.2) is 68.0 Å². The van der Waals surface area contributed by atoms with Crippen LogP contribution in [0.25, 0.3) is 5.69 Å². The Morgan fingerprint density at radius 3 is 2.45 bits per heavy atom. The van der Waals surface area contributed by atoms with Crippen molar-refractivity contribution < 1.29 is 9.59 Å². The smallest absolute Gasteiger partial charge is 0.254 e. The number of amides is 2. The zero-order chi connectivity index (χ0) is 15.5. The predicted octanol–water partition coefficient (Wildman–Crippen LogP) is -0.0334. The maximum absolute atomic E-state index is 12.6. The lowest BCUT2D eigenvalue weighted by molar-refractivity contribution is -0.130. The van der Waals surface area contributed by atoms with Crippen molar-refractivity contribution in [1.29, 1.82) is 0 Å². The van der Waals surface area contributed by atoms with E-state index in [0.717, 1.165) is 5.69 Å². The van der Waals surface area contributed by atoms with Gasteiger partial charge >= 0.3 is 0 Å². The van der Waals surface area contributed by atoms with Crippen LogP contribution in [0.3, 0.4) is 0 Å². The van der Waals surface area contributed by atoms with Crippen molar-refractivity contribution in [2.75, 3.05) is 26.2 Å². The molecule has 8 heteroatoms. The highest BCUT2D eigenvalue weighted by Gasteiger charge is 2.23. The van der Waals surface area contributed by atoms with Gasteiger partial charge in [-0.1, -0.05) is 6.07 Å². The van der Waals surface area contributed by atoms with E-state index in [2.05, 4.69) is 15.5 Å². The van der Waals surface area contributed by atoms with Crippen molar-refractivity contribution >= 4 is 11.8 Å². The van der Waals surface area contributed by atoms with Gasteiger partial charge in [-0.15, -0.1) is 5.10 Å². The van der Waals surface area contributed by atoms with Gasteiger partial charge in [-0.25, -0.2) is 4.68 Å². The monoisotopic (exact) mass is 300 g/mol. The molecule has 0 aliphatic carbocycles. The zero-order valence-corrected chi connectivity index (χ0v) is 12.2. The highest BCUT2D eigenvalue weighted by atomic mass is 16.2. The summed E-state index contributed by atoms with van der Waals surface area (Å²) in [5, 5.41) is 11.0. The van der Waals surface area contributed by atoms with Crippen LogP contribution in [0.15, 0.2) is 30.6 Å². The van der Waals surface area contributed by atoms with E-state index in [1.807, 2.05) is 6.07 Å². The van der Waals surface area contributed by atoms with Gasteiger partial charge in [-0.05, 0) is 28.6 Å². The van der Waals surface area contributed by atoms with Gasteiger partial charge in [-0.3, -0.25) is 9.59 Å². The first-order valence-corrected chi connectivity index (χ1v) is 7.03. The van der Waals surface area contributed by atoms with E-state index >= 15 is 0 Å². The number of hydrogen-bond acceptors (Lipinski definition) is 5. The lowest BCUT2D eigenvalue weighted by Crippen LogP contribution is -2.50. The number of tetrazole rings is 1. The number of carbonyl (C=O) groups is 2. The summed E-state index contributed by atoms with van der Waals surface area (Å²) in [5.41, 5.74) is 1.32. The first-order valence-electron chi connectivity index (χ1n) is 7.03. The van der Waals surface area contributed by atoms with Gasteiger partial charge in [0.25, 0.3) is 5.91 Å². The number of nitrogens with zero attached hydrogens (tertiary/aromatic N) is 6. The normalized spacial score (nSPS) is 15.0. The Morgan fingerprint density at radius 2 is 1.82 bits per heavy atom. The molecule has 0 bridgehead atoms. The quantitative estimate of drug-likeness (QED) is 0.777. The first kappa shape index (κ1) is 14.2. The van der Waals surface area contributed by atoms with Crippen LogP contribution in [-0.2, 0) is 4.79 Å². The molecular formula is C14H16N6O2. The third-order valence-corrected chi connectivity index (χ3v) is 3.72. The van der Waals surface area contributed by atoms with Gasteiger partial charge in [0, 0.05) is 38.7 Å². The first-order chi connectivity index (χ1) is 10.6. The van der Waals surface area contributed by atoms with Crippen LogP contribution in [0.2, 0.25) is 0 Å². The number of rotatable bonds is 2. The van der Waals surface area contributed by atoms with Crippen LogP contribution in [0, 0.1) is 0 Å². The van der Waals surface area contributed by atoms with Gasteiger partial charge in [0.2, 0.25) is 5.91 Å². The number of hydrogen-bond donors (Lipinski definition) is 0. The summed E-state index contributed by atoms with van der Waals surface area (Å²) in [6.45, 7) is 3.80. The van der Waals surface area contributed by atoms with E-state index < -0.39 is 0 Å². The second kappa shape index (κ2) is 5.92. The molecule has 1 saturated heterocycles. The summed E-state index contributed by atoms with van der Waals surface area (Å²) >= 11 is 0. The van der Waals surface area contributed by atoms with Gasteiger partial charge in [0.15, 0.2) is 0 Å². The maximum atomic E-state index is 12.6. The van der Waals surface area contributed by atoms with E-state index in [1.54, 1.807) is 34.9 Å². The van der Waals surface area contributed by atoms with Crippen LogP contribution < -0.4 is 0 Å². The maximum Gasteiger partial charge on any atom is 0.254 e. The van der Waals surface area contributed by atoms with Crippen LogP contribution >= 0.6 is 0 Å². The lowest BCUT2D eigenvalue weighted by atomic mass is 10.1. The molecule has 0 atom stereocenters. The molecule has 0 unspecified atom stereocenters. The van der Waals surface area contributed by atoms with E-state index in [9.17, 15) is 9.59 Å². The molecule has 22 heavy (non-hydrogen) atoms. The Balaban J connectivity index is 1.73. The van der Waals surface area contributed by atoms with E-state index in [0.29, 0.717) is 31.7 Å². The summed E-state index contributed by atoms with van der Waals surface area (Å²) in [7, 11) is 0. The minimum atomic E-state index is -0.0434. The third kappa shape index (κ3) is 2.80. The molecule has 114 valence electrons. The Hall–Kier alpha value is -2.77. The van der Waals surface area contributed by atoms with Gasteiger partial charge in [-0.2, -0.15) is 0 Å². The molecule has 2 aromatic rings. The van der Waals surface area contributed by atoms with Crippen LogP contribution in [0.4, 0.5) is 0 Å². The fraction of sp³-hybridized carbons (Fsp3) is 0.357. The second-order valence-corrected chi connectivity index (χ2v) is 5.10. The Labute approximate surface area is 127 Å². The predicted molar refractivity (Wildman–Crippen MR) is 77.3 cm³/mol. The molecule has 1 aromatic carbocycles. The summed E-state index contributed by atoms with van der Waals surface area (Å²) in [6.07, 6.45) is 1.48. The van der Waals surface area contributed by atoms with Crippen molar-refractivity contribution in [2.24, 2.45) is 0 Å². The molecule has 0 N–H and O–H groups in total.